The summed E-state index contributed by atoms with van der Waals surface area (Å²) < 4.78 is 41.6. The van der Waals surface area contributed by atoms with Gasteiger partial charge in [0.2, 0.25) is 0 Å². The van der Waals surface area contributed by atoms with Gasteiger partial charge in [-0.2, -0.15) is 13.2 Å². The molecule has 0 fully saturated rings. The Morgan fingerprint density at radius 3 is 2.45 bits per heavy atom. The Labute approximate surface area is 115 Å². The molecule has 0 saturated carbocycles. The van der Waals surface area contributed by atoms with E-state index < -0.39 is 24.9 Å². The number of halogens is 3. The van der Waals surface area contributed by atoms with Gasteiger partial charge in [0.15, 0.2) is 6.10 Å². The maximum Gasteiger partial charge on any atom is 0.415 e. The van der Waals surface area contributed by atoms with Crippen LogP contribution in [0.4, 0.5) is 13.2 Å². The summed E-state index contributed by atoms with van der Waals surface area (Å²) in [5, 5.41) is 18.9. The van der Waals surface area contributed by atoms with Gasteiger partial charge in [-0.3, -0.25) is 0 Å². The highest BCUT2D eigenvalue weighted by Crippen LogP contribution is 2.22. The SMILES string of the molecule is COc1cccc(C(O)CN(C)CC(O)C(F)(F)F)c1. The summed E-state index contributed by atoms with van der Waals surface area (Å²) in [6.07, 6.45) is -8.05. The molecule has 7 heteroatoms. The van der Waals surface area contributed by atoms with E-state index in [0.29, 0.717) is 11.3 Å². The predicted octanol–water partition coefficient (Wildman–Crippen LogP) is 1.58. The second kappa shape index (κ2) is 6.92. The number of hydrogen-bond acceptors (Lipinski definition) is 4. The van der Waals surface area contributed by atoms with Gasteiger partial charge in [0.1, 0.15) is 5.75 Å². The second-order valence-corrected chi connectivity index (χ2v) is 4.57. The van der Waals surface area contributed by atoms with Crippen molar-refractivity contribution in [3.8, 4) is 5.75 Å². The summed E-state index contributed by atoms with van der Waals surface area (Å²) in [5.74, 6) is 0.555. The number of nitrogens with zero attached hydrogens (tertiary/aromatic N) is 1. The number of ether oxygens (including phenoxy) is 1. The van der Waals surface area contributed by atoms with Crippen molar-refractivity contribution in [3.05, 3.63) is 29.8 Å². The Bertz CT molecular complexity index is 426. The van der Waals surface area contributed by atoms with Crippen LogP contribution in [-0.4, -0.2) is 54.6 Å². The molecular formula is C13H18F3NO3. The Morgan fingerprint density at radius 2 is 1.90 bits per heavy atom. The van der Waals surface area contributed by atoms with E-state index in [0.717, 1.165) is 0 Å². The Morgan fingerprint density at radius 1 is 1.25 bits per heavy atom. The summed E-state index contributed by atoms with van der Waals surface area (Å²) >= 11 is 0. The van der Waals surface area contributed by atoms with Crippen LogP contribution in [-0.2, 0) is 0 Å². The van der Waals surface area contributed by atoms with E-state index in [4.69, 9.17) is 9.84 Å². The van der Waals surface area contributed by atoms with Gasteiger partial charge in [-0.15, -0.1) is 0 Å². The smallest absolute Gasteiger partial charge is 0.415 e. The first-order valence-corrected chi connectivity index (χ1v) is 5.99. The van der Waals surface area contributed by atoms with Crippen LogP contribution in [0.3, 0.4) is 0 Å². The average Bonchev–Trinajstić information content (AvgIpc) is 2.37. The third-order valence-electron chi connectivity index (χ3n) is 2.83. The van der Waals surface area contributed by atoms with Crippen molar-refractivity contribution >= 4 is 0 Å². The second-order valence-electron chi connectivity index (χ2n) is 4.57. The Balaban J connectivity index is 2.58. The first-order valence-electron chi connectivity index (χ1n) is 5.99. The minimum absolute atomic E-state index is 0.0275. The van der Waals surface area contributed by atoms with Crippen LogP contribution in [0, 0.1) is 0 Å². The molecule has 0 spiro atoms. The van der Waals surface area contributed by atoms with E-state index in [9.17, 15) is 18.3 Å². The van der Waals surface area contributed by atoms with E-state index in [2.05, 4.69) is 0 Å². The molecule has 0 heterocycles. The van der Waals surface area contributed by atoms with Crippen LogP contribution < -0.4 is 4.74 Å². The molecule has 1 aromatic rings. The third-order valence-corrected chi connectivity index (χ3v) is 2.83. The van der Waals surface area contributed by atoms with Crippen molar-refractivity contribution in [1.29, 1.82) is 0 Å². The zero-order chi connectivity index (χ0) is 15.3. The summed E-state index contributed by atoms with van der Waals surface area (Å²) in [7, 11) is 2.88. The van der Waals surface area contributed by atoms with Crippen LogP contribution in [0.25, 0.3) is 0 Å². The van der Waals surface area contributed by atoms with Gasteiger partial charge in [0, 0.05) is 13.1 Å². The number of aliphatic hydroxyl groups excluding tert-OH is 2. The number of rotatable bonds is 6. The Kier molecular flexibility index (Phi) is 5.79. The number of methoxy groups -OCH3 is 1. The summed E-state index contributed by atoms with van der Waals surface area (Å²) in [4.78, 5) is 1.22. The molecule has 2 atom stereocenters. The van der Waals surface area contributed by atoms with E-state index in [1.54, 1.807) is 24.3 Å². The molecule has 0 radical (unpaired) electrons. The number of hydrogen-bond donors (Lipinski definition) is 2. The number of likely N-dealkylation sites (N-methyl/N-ethyl adjacent to an activating group) is 1. The third kappa shape index (κ3) is 4.99. The molecule has 0 aliphatic carbocycles. The largest absolute Gasteiger partial charge is 0.497 e. The normalized spacial score (nSPS) is 15.2. The molecule has 1 aromatic carbocycles. The molecule has 114 valence electrons. The lowest BCUT2D eigenvalue weighted by atomic mass is 10.1. The topological polar surface area (TPSA) is 52.9 Å². The van der Waals surface area contributed by atoms with Gasteiger partial charge in [-0.25, -0.2) is 0 Å². The van der Waals surface area contributed by atoms with Gasteiger partial charge < -0.3 is 19.8 Å². The Hall–Kier alpha value is -1.31. The number of benzene rings is 1. The highest BCUT2D eigenvalue weighted by molar-refractivity contribution is 5.29. The molecule has 0 aromatic heterocycles. The summed E-state index contributed by atoms with van der Waals surface area (Å²) in [5.41, 5.74) is 0.540. The van der Waals surface area contributed by atoms with Gasteiger partial charge in [-0.1, -0.05) is 12.1 Å². The number of aliphatic hydroxyl groups is 2. The van der Waals surface area contributed by atoms with Crippen LogP contribution in [0.2, 0.25) is 0 Å². The minimum atomic E-state index is -4.66. The van der Waals surface area contributed by atoms with Crippen molar-refractivity contribution in [2.24, 2.45) is 0 Å². The highest BCUT2D eigenvalue weighted by Gasteiger charge is 2.38. The van der Waals surface area contributed by atoms with Crippen LogP contribution in [0.5, 0.6) is 5.75 Å². The maximum atomic E-state index is 12.2. The standard InChI is InChI=1S/C13H18F3NO3/c1-17(8-12(19)13(14,15)16)7-11(18)9-4-3-5-10(6-9)20-2/h3-6,11-12,18-19H,7-8H2,1-2H3. The van der Waals surface area contributed by atoms with E-state index >= 15 is 0 Å². The summed E-state index contributed by atoms with van der Waals surface area (Å²) in [6.45, 7) is -0.620. The van der Waals surface area contributed by atoms with Crippen molar-refractivity contribution in [1.82, 2.24) is 4.90 Å². The zero-order valence-electron chi connectivity index (χ0n) is 11.3. The molecule has 0 amide bonds. The minimum Gasteiger partial charge on any atom is -0.497 e. The number of alkyl halides is 3. The highest BCUT2D eigenvalue weighted by atomic mass is 19.4. The molecule has 20 heavy (non-hydrogen) atoms. The first-order chi connectivity index (χ1) is 9.24. The molecule has 0 aliphatic rings. The van der Waals surface area contributed by atoms with Crippen molar-refractivity contribution < 1.29 is 28.1 Å². The molecule has 2 unspecified atom stereocenters. The first kappa shape index (κ1) is 16.7. The summed E-state index contributed by atoms with van der Waals surface area (Å²) in [6, 6.07) is 6.65. The van der Waals surface area contributed by atoms with Gasteiger partial charge in [0.25, 0.3) is 0 Å². The van der Waals surface area contributed by atoms with Crippen molar-refractivity contribution in [3.63, 3.8) is 0 Å². The predicted molar refractivity (Wildman–Crippen MR) is 67.5 cm³/mol. The van der Waals surface area contributed by atoms with Gasteiger partial charge >= 0.3 is 6.18 Å². The lowest BCUT2D eigenvalue weighted by molar-refractivity contribution is -0.207. The monoisotopic (exact) mass is 293 g/mol. The van der Waals surface area contributed by atoms with Crippen LogP contribution >= 0.6 is 0 Å². The molecule has 1 rings (SSSR count). The van der Waals surface area contributed by atoms with Gasteiger partial charge in [0.05, 0.1) is 13.2 Å². The molecule has 0 aliphatic heterocycles. The van der Waals surface area contributed by atoms with Gasteiger partial charge in [-0.05, 0) is 24.7 Å². The zero-order valence-corrected chi connectivity index (χ0v) is 11.3. The maximum absolute atomic E-state index is 12.2. The van der Waals surface area contributed by atoms with Crippen molar-refractivity contribution in [2.45, 2.75) is 18.4 Å². The molecule has 4 nitrogen and oxygen atoms in total. The fraction of sp³-hybridized carbons (Fsp3) is 0.538. The fourth-order valence-corrected chi connectivity index (χ4v) is 1.72. The van der Waals surface area contributed by atoms with E-state index in [1.807, 2.05) is 0 Å². The van der Waals surface area contributed by atoms with E-state index in [1.165, 1.54) is 19.1 Å². The van der Waals surface area contributed by atoms with Crippen molar-refractivity contribution in [2.75, 3.05) is 27.2 Å². The van der Waals surface area contributed by atoms with Crippen LogP contribution in [0.1, 0.15) is 11.7 Å². The molecule has 2 N–H and O–H groups in total. The average molecular weight is 293 g/mol. The molecular weight excluding hydrogens is 275 g/mol. The van der Waals surface area contributed by atoms with Crippen LogP contribution in [0.15, 0.2) is 24.3 Å². The molecule has 0 bridgehead atoms. The fourth-order valence-electron chi connectivity index (χ4n) is 1.72. The lowest BCUT2D eigenvalue weighted by Crippen LogP contribution is -2.40. The lowest BCUT2D eigenvalue weighted by Gasteiger charge is -2.24. The van der Waals surface area contributed by atoms with E-state index in [-0.39, 0.29) is 6.54 Å². The molecule has 0 saturated heterocycles. The quantitative estimate of drug-likeness (QED) is 0.836.